The molecule has 0 radical (unpaired) electrons. The van der Waals surface area contributed by atoms with Crippen LogP contribution in [0, 0.1) is 0 Å². The number of sulfone groups is 1. The summed E-state index contributed by atoms with van der Waals surface area (Å²) in [5, 5.41) is 19.9. The van der Waals surface area contributed by atoms with Crippen LogP contribution in [0.3, 0.4) is 0 Å². The molecule has 3 atom stereocenters. The Kier molecular flexibility index (Phi) is 6.22. The second-order valence-electron chi connectivity index (χ2n) is 4.09. The van der Waals surface area contributed by atoms with E-state index < -0.39 is 39.9 Å². The third-order valence-corrected chi connectivity index (χ3v) is 3.16. The second kappa shape index (κ2) is 6.66. The number of carboxylic acid groups (broad SMARTS) is 1. The Morgan fingerprint density at radius 2 is 1.89 bits per heavy atom. The van der Waals surface area contributed by atoms with Crippen molar-refractivity contribution in [1.82, 2.24) is 5.32 Å². The monoisotopic (exact) mass is 282 g/mol. The molecule has 0 heterocycles. The predicted octanol–water partition coefficient (Wildman–Crippen LogP) is -2.30. The molecular weight excluding hydrogens is 264 g/mol. The molecule has 0 aliphatic carbocycles. The Labute approximate surface area is 105 Å². The van der Waals surface area contributed by atoms with E-state index in [-0.39, 0.29) is 12.2 Å². The highest BCUT2D eigenvalue weighted by Crippen LogP contribution is 1.98. The Morgan fingerprint density at radius 1 is 1.39 bits per heavy atom. The van der Waals surface area contributed by atoms with Gasteiger partial charge in [0.2, 0.25) is 5.91 Å². The topological polar surface area (TPSA) is 147 Å². The predicted molar refractivity (Wildman–Crippen MR) is 63.6 cm³/mol. The van der Waals surface area contributed by atoms with Gasteiger partial charge in [-0.1, -0.05) is 0 Å². The first kappa shape index (κ1) is 16.8. The molecule has 0 rings (SSSR count). The van der Waals surface area contributed by atoms with Gasteiger partial charge in [-0.25, -0.2) is 13.2 Å². The van der Waals surface area contributed by atoms with E-state index in [1.165, 1.54) is 6.92 Å². The fourth-order valence-corrected chi connectivity index (χ4v) is 1.80. The van der Waals surface area contributed by atoms with Gasteiger partial charge in [-0.15, -0.1) is 0 Å². The fraction of sp³-hybridized carbons (Fsp3) is 0.778. The molecule has 0 saturated carbocycles. The first-order valence-corrected chi connectivity index (χ1v) is 7.25. The summed E-state index contributed by atoms with van der Waals surface area (Å²) >= 11 is 0. The number of carboxylic acids is 1. The van der Waals surface area contributed by atoms with E-state index in [0.29, 0.717) is 0 Å². The molecular formula is C9H18N2O6S. The molecule has 3 unspecified atom stereocenters. The highest BCUT2D eigenvalue weighted by Gasteiger charge is 2.27. The van der Waals surface area contributed by atoms with Gasteiger partial charge < -0.3 is 21.3 Å². The van der Waals surface area contributed by atoms with Gasteiger partial charge >= 0.3 is 5.97 Å². The van der Waals surface area contributed by atoms with Crippen molar-refractivity contribution in [2.45, 2.75) is 31.5 Å². The van der Waals surface area contributed by atoms with Gasteiger partial charge in [0.1, 0.15) is 9.84 Å². The quantitative estimate of drug-likeness (QED) is 0.410. The average molecular weight is 282 g/mol. The Bertz CT molecular complexity index is 405. The zero-order valence-electron chi connectivity index (χ0n) is 10.2. The minimum atomic E-state index is -3.24. The number of carbonyl (C=O) groups is 2. The number of rotatable bonds is 7. The highest BCUT2D eigenvalue weighted by molar-refractivity contribution is 7.90. The van der Waals surface area contributed by atoms with Crippen molar-refractivity contribution >= 4 is 21.7 Å². The molecule has 0 bridgehead atoms. The largest absolute Gasteiger partial charge is 0.480 e. The summed E-state index contributed by atoms with van der Waals surface area (Å²) < 4.78 is 21.8. The minimum absolute atomic E-state index is 0.114. The van der Waals surface area contributed by atoms with Crippen LogP contribution in [0.2, 0.25) is 0 Å². The van der Waals surface area contributed by atoms with Crippen LogP contribution in [-0.2, 0) is 19.4 Å². The van der Waals surface area contributed by atoms with E-state index in [1.54, 1.807) is 0 Å². The van der Waals surface area contributed by atoms with Gasteiger partial charge in [-0.3, -0.25) is 4.79 Å². The molecule has 0 aromatic heterocycles. The van der Waals surface area contributed by atoms with Crippen molar-refractivity contribution in [2.24, 2.45) is 5.73 Å². The van der Waals surface area contributed by atoms with Crippen LogP contribution in [0.1, 0.15) is 13.3 Å². The number of nitrogens with one attached hydrogen (secondary N) is 1. The van der Waals surface area contributed by atoms with Crippen molar-refractivity contribution < 1.29 is 28.2 Å². The molecule has 106 valence electrons. The number of carbonyl (C=O) groups excluding carboxylic acids is 1. The van der Waals surface area contributed by atoms with E-state index in [2.05, 4.69) is 0 Å². The van der Waals surface area contributed by atoms with E-state index in [9.17, 15) is 18.0 Å². The number of aliphatic hydroxyl groups excluding tert-OH is 1. The normalized spacial score (nSPS) is 16.7. The lowest BCUT2D eigenvalue weighted by molar-refractivity contribution is -0.145. The fourth-order valence-electron chi connectivity index (χ4n) is 1.12. The maximum Gasteiger partial charge on any atom is 0.328 e. The summed E-state index contributed by atoms with van der Waals surface area (Å²) in [7, 11) is -3.24. The maximum absolute atomic E-state index is 11.5. The number of aliphatic carboxylic acids is 1. The van der Waals surface area contributed by atoms with Crippen molar-refractivity contribution in [2.75, 3.05) is 12.0 Å². The molecule has 0 spiro atoms. The van der Waals surface area contributed by atoms with Crippen LogP contribution >= 0.6 is 0 Å². The standard InChI is InChI=1S/C9H18N2O6S/c1-5(12)7(9(14)15)11-8(13)6(10)3-4-18(2,16)17/h5-7,12H,3-4,10H2,1-2H3,(H,11,13)(H,14,15). The number of amides is 1. The molecule has 8 nitrogen and oxygen atoms in total. The number of aliphatic hydroxyl groups is 1. The van der Waals surface area contributed by atoms with Gasteiger partial charge in [-0.2, -0.15) is 0 Å². The van der Waals surface area contributed by atoms with Crippen LogP contribution in [0.15, 0.2) is 0 Å². The van der Waals surface area contributed by atoms with E-state index in [4.69, 9.17) is 15.9 Å². The first-order valence-electron chi connectivity index (χ1n) is 5.19. The maximum atomic E-state index is 11.5. The van der Waals surface area contributed by atoms with Gasteiger partial charge in [-0.05, 0) is 13.3 Å². The van der Waals surface area contributed by atoms with Crippen molar-refractivity contribution in [3.8, 4) is 0 Å². The number of hydrogen-bond acceptors (Lipinski definition) is 6. The van der Waals surface area contributed by atoms with Crippen LogP contribution in [-0.4, -0.2) is 60.7 Å². The van der Waals surface area contributed by atoms with Gasteiger partial charge in [0.05, 0.1) is 17.9 Å². The lowest BCUT2D eigenvalue weighted by Crippen LogP contribution is -2.52. The zero-order chi connectivity index (χ0) is 14.5. The van der Waals surface area contributed by atoms with E-state index in [0.717, 1.165) is 6.26 Å². The molecule has 0 saturated heterocycles. The average Bonchev–Trinajstić information content (AvgIpc) is 2.19. The first-order chi connectivity index (χ1) is 8.04. The third-order valence-electron chi connectivity index (χ3n) is 2.18. The number of nitrogens with two attached hydrogens (primary N) is 1. The molecule has 5 N–H and O–H groups in total. The minimum Gasteiger partial charge on any atom is -0.480 e. The lowest BCUT2D eigenvalue weighted by Gasteiger charge is -2.19. The molecule has 9 heteroatoms. The van der Waals surface area contributed by atoms with Crippen LogP contribution in [0.25, 0.3) is 0 Å². The van der Waals surface area contributed by atoms with E-state index in [1.807, 2.05) is 5.32 Å². The van der Waals surface area contributed by atoms with Crippen molar-refractivity contribution in [1.29, 1.82) is 0 Å². The molecule has 0 aromatic rings. The molecule has 1 amide bonds. The summed E-state index contributed by atoms with van der Waals surface area (Å²) in [5.74, 6) is -2.48. The van der Waals surface area contributed by atoms with Crippen LogP contribution in [0.4, 0.5) is 0 Å². The summed E-state index contributed by atoms with van der Waals surface area (Å²) in [5.41, 5.74) is 5.42. The summed E-state index contributed by atoms with van der Waals surface area (Å²) in [4.78, 5) is 22.2. The van der Waals surface area contributed by atoms with Gasteiger partial charge in [0.25, 0.3) is 0 Å². The molecule has 18 heavy (non-hydrogen) atoms. The zero-order valence-corrected chi connectivity index (χ0v) is 11.0. The highest BCUT2D eigenvalue weighted by atomic mass is 32.2. The third kappa shape index (κ3) is 6.52. The van der Waals surface area contributed by atoms with Crippen LogP contribution < -0.4 is 11.1 Å². The van der Waals surface area contributed by atoms with E-state index >= 15 is 0 Å². The SMILES string of the molecule is CC(O)C(NC(=O)C(N)CCS(C)(=O)=O)C(=O)O. The summed E-state index contributed by atoms with van der Waals surface area (Å²) in [6.45, 7) is 1.21. The van der Waals surface area contributed by atoms with Crippen molar-refractivity contribution in [3.63, 3.8) is 0 Å². The Balaban J connectivity index is 4.43. The van der Waals surface area contributed by atoms with Crippen molar-refractivity contribution in [3.05, 3.63) is 0 Å². The summed E-state index contributed by atoms with van der Waals surface area (Å²) in [6.07, 6.45) is -0.391. The lowest BCUT2D eigenvalue weighted by atomic mass is 10.1. The smallest absolute Gasteiger partial charge is 0.328 e. The molecule has 0 fully saturated rings. The van der Waals surface area contributed by atoms with Gasteiger partial charge in [0, 0.05) is 6.26 Å². The van der Waals surface area contributed by atoms with Gasteiger partial charge in [0.15, 0.2) is 6.04 Å². The summed E-state index contributed by atoms with van der Waals surface area (Å²) in [6, 6.07) is -2.61. The molecule has 0 aliphatic rings. The molecule has 0 aromatic carbocycles. The number of hydrogen-bond donors (Lipinski definition) is 4. The molecule has 0 aliphatic heterocycles. The van der Waals surface area contributed by atoms with Crippen LogP contribution in [0.5, 0.6) is 0 Å². The second-order valence-corrected chi connectivity index (χ2v) is 6.35. The Hall–Kier alpha value is -1.19. The Morgan fingerprint density at radius 3 is 2.22 bits per heavy atom.